The van der Waals surface area contributed by atoms with E-state index in [0.29, 0.717) is 0 Å². The van der Waals surface area contributed by atoms with E-state index < -0.39 is 0 Å². The fourth-order valence-corrected chi connectivity index (χ4v) is 3.48. The number of ether oxygens (including phenoxy) is 2. The maximum absolute atomic E-state index is 5.90. The molecule has 0 amide bonds. The highest BCUT2D eigenvalue weighted by Gasteiger charge is 2.37. The topological polar surface area (TPSA) is 59.5 Å². The van der Waals surface area contributed by atoms with Crippen LogP contribution in [0.2, 0.25) is 0 Å². The average molecular weight is 318 g/mol. The van der Waals surface area contributed by atoms with Gasteiger partial charge in [-0.05, 0) is 31.6 Å². The third-order valence-electron chi connectivity index (χ3n) is 5.24. The maximum Gasteiger partial charge on any atom is 0.134 e. The predicted molar refractivity (Wildman–Crippen MR) is 88.8 cm³/mol. The van der Waals surface area contributed by atoms with Crippen LogP contribution < -0.4 is 10.2 Å². The molecule has 1 spiro atoms. The van der Waals surface area contributed by atoms with Gasteiger partial charge in [-0.1, -0.05) is 0 Å². The van der Waals surface area contributed by atoms with Crippen LogP contribution >= 0.6 is 0 Å². The number of rotatable bonds is 4. The third kappa shape index (κ3) is 3.75. The zero-order valence-electron chi connectivity index (χ0n) is 13.7. The van der Waals surface area contributed by atoms with E-state index in [-0.39, 0.29) is 5.41 Å². The van der Waals surface area contributed by atoms with Gasteiger partial charge in [0.05, 0.1) is 13.2 Å². The fraction of sp³-hybridized carbons (Fsp3) is 0.765. The molecule has 6 nitrogen and oxygen atoms in total. The van der Waals surface area contributed by atoms with Crippen LogP contribution in [0.3, 0.4) is 0 Å². The monoisotopic (exact) mass is 318 g/mol. The number of aromatic nitrogens is 2. The van der Waals surface area contributed by atoms with Gasteiger partial charge in [0.25, 0.3) is 0 Å². The van der Waals surface area contributed by atoms with Crippen LogP contribution in [0.1, 0.15) is 25.7 Å². The van der Waals surface area contributed by atoms with Crippen molar-refractivity contribution in [3.63, 3.8) is 0 Å². The molecule has 4 rings (SSSR count). The molecule has 3 heterocycles. The number of hydrogen-bond acceptors (Lipinski definition) is 6. The van der Waals surface area contributed by atoms with Gasteiger partial charge >= 0.3 is 0 Å². The lowest BCUT2D eigenvalue weighted by Gasteiger charge is -2.38. The molecular weight excluding hydrogens is 292 g/mol. The summed E-state index contributed by atoms with van der Waals surface area (Å²) >= 11 is 0. The minimum absolute atomic E-state index is 0.210. The van der Waals surface area contributed by atoms with Gasteiger partial charge in [0.1, 0.15) is 18.0 Å². The van der Waals surface area contributed by atoms with E-state index in [9.17, 15) is 0 Å². The second-order valence-corrected chi connectivity index (χ2v) is 7.17. The largest absolute Gasteiger partial charge is 0.381 e. The first-order chi connectivity index (χ1) is 11.3. The highest BCUT2D eigenvalue weighted by molar-refractivity contribution is 5.49. The summed E-state index contributed by atoms with van der Waals surface area (Å²) in [5.41, 5.74) is 0.210. The summed E-state index contributed by atoms with van der Waals surface area (Å²) in [5, 5.41) is 3.44. The molecule has 23 heavy (non-hydrogen) atoms. The lowest BCUT2D eigenvalue weighted by Crippen LogP contribution is -2.42. The molecule has 1 aromatic heterocycles. The molecule has 0 atom stereocenters. The number of hydrogen-bond donors (Lipinski definition) is 1. The molecule has 0 bridgehead atoms. The summed E-state index contributed by atoms with van der Waals surface area (Å²) in [7, 11) is 0. The molecule has 6 heteroatoms. The summed E-state index contributed by atoms with van der Waals surface area (Å²) in [5.74, 6) is 2.79. The van der Waals surface area contributed by atoms with Crippen molar-refractivity contribution < 1.29 is 9.47 Å². The van der Waals surface area contributed by atoms with E-state index >= 15 is 0 Å². The van der Waals surface area contributed by atoms with Crippen LogP contribution in [0.4, 0.5) is 11.6 Å². The second kappa shape index (κ2) is 6.61. The van der Waals surface area contributed by atoms with Gasteiger partial charge in [0, 0.05) is 44.3 Å². The Morgan fingerprint density at radius 1 is 1.17 bits per heavy atom. The molecule has 3 fully saturated rings. The molecule has 1 saturated carbocycles. The van der Waals surface area contributed by atoms with Crippen LogP contribution in [0.15, 0.2) is 12.4 Å². The van der Waals surface area contributed by atoms with Crippen LogP contribution in [-0.2, 0) is 9.47 Å². The molecule has 2 saturated heterocycles. The maximum atomic E-state index is 5.90. The Labute approximate surface area is 137 Å². The predicted octanol–water partition coefficient (Wildman–Crippen LogP) is 1.93. The van der Waals surface area contributed by atoms with Gasteiger partial charge in [-0.15, -0.1) is 0 Å². The van der Waals surface area contributed by atoms with Gasteiger partial charge in [0.15, 0.2) is 0 Å². The summed E-state index contributed by atoms with van der Waals surface area (Å²) in [6, 6.07) is 2.08. The smallest absolute Gasteiger partial charge is 0.134 e. The van der Waals surface area contributed by atoms with Gasteiger partial charge in [-0.2, -0.15) is 0 Å². The van der Waals surface area contributed by atoms with Crippen LogP contribution in [0.25, 0.3) is 0 Å². The summed E-state index contributed by atoms with van der Waals surface area (Å²) in [6.45, 7) is 6.20. The van der Waals surface area contributed by atoms with E-state index in [1.807, 2.05) is 0 Å². The second-order valence-electron chi connectivity index (χ2n) is 7.17. The van der Waals surface area contributed by atoms with E-state index in [1.165, 1.54) is 12.8 Å². The van der Waals surface area contributed by atoms with Crippen molar-refractivity contribution in [1.82, 2.24) is 9.97 Å². The Morgan fingerprint density at radius 2 is 2.04 bits per heavy atom. The molecule has 0 radical (unpaired) electrons. The third-order valence-corrected chi connectivity index (χ3v) is 5.24. The molecule has 1 aromatic rings. The van der Waals surface area contributed by atoms with Gasteiger partial charge < -0.3 is 19.7 Å². The molecule has 0 unspecified atom stereocenters. The molecule has 2 aliphatic heterocycles. The first-order valence-corrected chi connectivity index (χ1v) is 8.79. The van der Waals surface area contributed by atoms with E-state index in [2.05, 4.69) is 26.3 Å². The average Bonchev–Trinajstić information content (AvgIpc) is 3.42. The van der Waals surface area contributed by atoms with E-state index in [1.54, 1.807) is 6.33 Å². The number of anilines is 2. The van der Waals surface area contributed by atoms with Gasteiger partial charge in [0.2, 0.25) is 0 Å². The molecule has 126 valence electrons. The van der Waals surface area contributed by atoms with Crippen molar-refractivity contribution in [2.75, 3.05) is 56.3 Å². The Morgan fingerprint density at radius 3 is 2.87 bits per heavy atom. The molecule has 3 aliphatic rings. The lowest BCUT2D eigenvalue weighted by atomic mass is 9.80. The Balaban J connectivity index is 1.47. The molecule has 1 N–H and O–H groups in total. The zero-order valence-corrected chi connectivity index (χ0v) is 13.7. The van der Waals surface area contributed by atoms with E-state index in [4.69, 9.17) is 9.47 Å². The van der Waals surface area contributed by atoms with Crippen LogP contribution in [0, 0.1) is 11.3 Å². The number of nitrogens with one attached hydrogen (secondary N) is 1. The van der Waals surface area contributed by atoms with Crippen molar-refractivity contribution >= 4 is 11.6 Å². The SMILES string of the molecule is c1nc(NCC2CC2)cc(N2CCOCC3(CCOCC3)C2)n1. The lowest BCUT2D eigenvalue weighted by molar-refractivity contribution is -0.0240. The minimum atomic E-state index is 0.210. The Bertz CT molecular complexity index is 529. The van der Waals surface area contributed by atoms with E-state index in [0.717, 1.165) is 76.5 Å². The van der Waals surface area contributed by atoms with Crippen molar-refractivity contribution in [2.24, 2.45) is 11.3 Å². The fourth-order valence-electron chi connectivity index (χ4n) is 3.48. The van der Waals surface area contributed by atoms with Crippen LogP contribution in [-0.4, -0.2) is 56.0 Å². The zero-order chi connectivity index (χ0) is 15.5. The van der Waals surface area contributed by atoms with Crippen molar-refractivity contribution in [3.8, 4) is 0 Å². The molecule has 0 aromatic carbocycles. The van der Waals surface area contributed by atoms with Crippen molar-refractivity contribution in [2.45, 2.75) is 25.7 Å². The number of nitrogens with zero attached hydrogens (tertiary/aromatic N) is 3. The van der Waals surface area contributed by atoms with Gasteiger partial charge in [-0.3, -0.25) is 0 Å². The Hall–Kier alpha value is -1.40. The Kier molecular flexibility index (Phi) is 4.35. The molecule has 1 aliphatic carbocycles. The quantitative estimate of drug-likeness (QED) is 0.915. The van der Waals surface area contributed by atoms with Crippen LogP contribution in [0.5, 0.6) is 0 Å². The highest BCUT2D eigenvalue weighted by atomic mass is 16.5. The van der Waals surface area contributed by atoms with Crippen molar-refractivity contribution in [3.05, 3.63) is 12.4 Å². The molecular formula is C17H26N4O2. The van der Waals surface area contributed by atoms with Crippen molar-refractivity contribution in [1.29, 1.82) is 0 Å². The first-order valence-electron chi connectivity index (χ1n) is 8.79. The summed E-state index contributed by atoms with van der Waals surface area (Å²) in [6.07, 6.45) is 6.51. The summed E-state index contributed by atoms with van der Waals surface area (Å²) < 4.78 is 11.4. The minimum Gasteiger partial charge on any atom is -0.381 e. The standard InChI is InChI=1S/C17H26N4O2/c1-2-14(1)10-18-15-9-16(20-13-19-15)21-5-8-23-12-17(11-21)3-6-22-7-4-17/h9,13-14H,1-8,10-12H2,(H,18,19,20). The van der Waals surface area contributed by atoms with Gasteiger partial charge in [-0.25, -0.2) is 9.97 Å². The highest BCUT2D eigenvalue weighted by Crippen LogP contribution is 2.35. The normalized spacial score (nSPS) is 24.4. The summed E-state index contributed by atoms with van der Waals surface area (Å²) in [4.78, 5) is 11.2. The first kappa shape index (κ1) is 15.1.